The van der Waals surface area contributed by atoms with Gasteiger partial charge in [0.05, 0.1) is 6.26 Å². The second kappa shape index (κ2) is 4.92. The summed E-state index contributed by atoms with van der Waals surface area (Å²) in [6.45, 7) is 0.613. The minimum atomic E-state index is -0.167. The van der Waals surface area contributed by atoms with Crippen LogP contribution in [0.1, 0.15) is 29.0 Å². The first-order valence-corrected chi connectivity index (χ1v) is 7.65. The number of furan rings is 1. The first-order chi connectivity index (χ1) is 10.7. The Balaban J connectivity index is 1.57. The van der Waals surface area contributed by atoms with Gasteiger partial charge in [0.25, 0.3) is 5.91 Å². The number of benzene rings is 1. The maximum absolute atomic E-state index is 12.0. The maximum atomic E-state index is 12.0. The summed E-state index contributed by atoms with van der Waals surface area (Å²) in [5.74, 6) is 0.181. The van der Waals surface area contributed by atoms with Crippen LogP contribution >= 0.6 is 11.6 Å². The first-order valence-electron chi connectivity index (χ1n) is 7.27. The third-order valence-corrected chi connectivity index (χ3v) is 4.64. The average molecular weight is 315 g/mol. The van der Waals surface area contributed by atoms with Crippen molar-refractivity contribution < 1.29 is 9.21 Å². The molecule has 1 aliphatic rings. The normalized spacial score (nSPS) is 15.9. The van der Waals surface area contributed by atoms with Crippen LogP contribution in [-0.2, 0) is 5.41 Å². The standard InChI is InChI=1S/C17H15ClN2O2/c18-11-3-4-12-13(9-19-14(12)8-11)17(5-6-17)10-20-16(21)15-2-1-7-22-15/h1-4,7-9,19H,5-6,10H2,(H,20,21). The van der Waals surface area contributed by atoms with Crippen LogP contribution in [0.4, 0.5) is 0 Å². The largest absolute Gasteiger partial charge is 0.459 e. The smallest absolute Gasteiger partial charge is 0.287 e. The van der Waals surface area contributed by atoms with E-state index in [9.17, 15) is 4.79 Å². The molecule has 5 heteroatoms. The van der Waals surface area contributed by atoms with Gasteiger partial charge in [-0.15, -0.1) is 0 Å². The highest BCUT2D eigenvalue weighted by Gasteiger charge is 2.46. The second-order valence-electron chi connectivity index (χ2n) is 5.83. The van der Waals surface area contributed by atoms with Crippen LogP contribution in [0.2, 0.25) is 5.02 Å². The van der Waals surface area contributed by atoms with Crippen molar-refractivity contribution in [2.75, 3.05) is 6.54 Å². The Morgan fingerprint density at radius 2 is 2.23 bits per heavy atom. The predicted molar refractivity (Wildman–Crippen MR) is 85.3 cm³/mol. The number of rotatable bonds is 4. The molecule has 0 radical (unpaired) electrons. The number of aromatic amines is 1. The van der Waals surface area contributed by atoms with Crippen LogP contribution in [0.3, 0.4) is 0 Å². The monoisotopic (exact) mass is 314 g/mol. The van der Waals surface area contributed by atoms with Crippen molar-refractivity contribution in [1.82, 2.24) is 10.3 Å². The van der Waals surface area contributed by atoms with E-state index in [-0.39, 0.29) is 11.3 Å². The molecule has 0 spiro atoms. The number of hydrogen-bond donors (Lipinski definition) is 2. The Morgan fingerprint density at radius 1 is 1.36 bits per heavy atom. The molecule has 0 aliphatic heterocycles. The Labute approximate surface area is 132 Å². The molecule has 2 heterocycles. The van der Waals surface area contributed by atoms with E-state index in [0.717, 1.165) is 23.4 Å². The van der Waals surface area contributed by atoms with Gasteiger partial charge in [-0.3, -0.25) is 4.79 Å². The van der Waals surface area contributed by atoms with Gasteiger partial charge in [-0.1, -0.05) is 17.7 Å². The number of nitrogens with one attached hydrogen (secondary N) is 2. The van der Waals surface area contributed by atoms with E-state index in [4.69, 9.17) is 16.0 Å². The Kier molecular flexibility index (Phi) is 3.01. The summed E-state index contributed by atoms with van der Waals surface area (Å²) < 4.78 is 5.12. The van der Waals surface area contributed by atoms with Crippen LogP contribution < -0.4 is 5.32 Å². The van der Waals surface area contributed by atoms with Crippen LogP contribution in [0.25, 0.3) is 10.9 Å². The minimum Gasteiger partial charge on any atom is -0.459 e. The quantitative estimate of drug-likeness (QED) is 0.768. The summed E-state index contributed by atoms with van der Waals surface area (Å²) in [6, 6.07) is 9.25. The molecular weight excluding hydrogens is 300 g/mol. The van der Waals surface area contributed by atoms with Crippen LogP contribution in [0.15, 0.2) is 47.2 Å². The maximum Gasteiger partial charge on any atom is 0.287 e. The minimum absolute atomic E-state index is 0.0222. The number of aromatic nitrogens is 1. The predicted octanol–water partition coefficient (Wildman–Crippen LogP) is 3.88. The molecule has 2 aromatic heterocycles. The summed E-state index contributed by atoms with van der Waals surface area (Å²) in [5.41, 5.74) is 2.30. The van der Waals surface area contributed by atoms with Crippen molar-refractivity contribution in [3.05, 3.63) is 59.1 Å². The van der Waals surface area contributed by atoms with Crippen LogP contribution in [0.5, 0.6) is 0 Å². The van der Waals surface area contributed by atoms with Gasteiger partial charge < -0.3 is 14.7 Å². The lowest BCUT2D eigenvalue weighted by atomic mass is 9.95. The number of fused-ring (bicyclic) bond motifs is 1. The molecule has 0 saturated heterocycles. The molecule has 0 bridgehead atoms. The van der Waals surface area contributed by atoms with E-state index < -0.39 is 0 Å². The molecule has 4 nitrogen and oxygen atoms in total. The zero-order chi connectivity index (χ0) is 15.2. The lowest BCUT2D eigenvalue weighted by Gasteiger charge is -2.15. The van der Waals surface area contributed by atoms with E-state index in [2.05, 4.69) is 10.3 Å². The van der Waals surface area contributed by atoms with Gasteiger partial charge in [0.15, 0.2) is 5.76 Å². The second-order valence-corrected chi connectivity index (χ2v) is 6.27. The third-order valence-electron chi connectivity index (χ3n) is 4.40. The number of amides is 1. The number of carbonyl (C=O) groups excluding carboxylic acids is 1. The molecule has 3 aromatic rings. The van der Waals surface area contributed by atoms with E-state index >= 15 is 0 Å². The van der Waals surface area contributed by atoms with E-state index in [1.165, 1.54) is 17.2 Å². The van der Waals surface area contributed by atoms with Gasteiger partial charge in [-0.05, 0) is 42.7 Å². The van der Waals surface area contributed by atoms with Gasteiger partial charge in [-0.25, -0.2) is 0 Å². The molecule has 4 rings (SSSR count). The van der Waals surface area contributed by atoms with Gasteiger partial charge in [0.2, 0.25) is 0 Å². The molecule has 22 heavy (non-hydrogen) atoms. The summed E-state index contributed by atoms with van der Waals surface area (Å²) in [7, 11) is 0. The van der Waals surface area contributed by atoms with Crippen LogP contribution in [-0.4, -0.2) is 17.4 Å². The Morgan fingerprint density at radius 3 is 2.95 bits per heavy atom. The molecule has 1 fully saturated rings. The van der Waals surface area contributed by atoms with Crippen molar-refractivity contribution in [1.29, 1.82) is 0 Å². The third kappa shape index (κ3) is 2.20. The highest BCUT2D eigenvalue weighted by molar-refractivity contribution is 6.31. The van der Waals surface area contributed by atoms with E-state index in [0.29, 0.717) is 12.3 Å². The molecule has 1 saturated carbocycles. The van der Waals surface area contributed by atoms with Gasteiger partial charge in [-0.2, -0.15) is 0 Å². The van der Waals surface area contributed by atoms with Crippen LogP contribution in [0, 0.1) is 0 Å². The fourth-order valence-electron chi connectivity index (χ4n) is 2.97. The molecule has 1 aromatic carbocycles. The molecule has 112 valence electrons. The zero-order valence-corrected chi connectivity index (χ0v) is 12.6. The number of H-pyrrole nitrogens is 1. The highest BCUT2D eigenvalue weighted by Crippen LogP contribution is 2.50. The summed E-state index contributed by atoms with van der Waals surface area (Å²) in [5, 5.41) is 4.87. The van der Waals surface area contributed by atoms with Crippen molar-refractivity contribution in [3.63, 3.8) is 0 Å². The van der Waals surface area contributed by atoms with Gasteiger partial charge in [0, 0.05) is 34.1 Å². The van der Waals surface area contributed by atoms with Gasteiger partial charge >= 0.3 is 0 Å². The van der Waals surface area contributed by atoms with Crippen molar-refractivity contribution in [2.24, 2.45) is 0 Å². The van der Waals surface area contributed by atoms with E-state index in [1.54, 1.807) is 12.1 Å². The molecule has 0 unspecified atom stereocenters. The Hall–Kier alpha value is -2.20. The highest BCUT2D eigenvalue weighted by atomic mass is 35.5. The van der Waals surface area contributed by atoms with Gasteiger partial charge in [0.1, 0.15) is 0 Å². The molecule has 2 N–H and O–H groups in total. The SMILES string of the molecule is O=C(NCC1(c2c[nH]c3cc(Cl)ccc23)CC1)c1ccco1. The van der Waals surface area contributed by atoms with Crippen molar-refractivity contribution in [3.8, 4) is 0 Å². The number of hydrogen-bond acceptors (Lipinski definition) is 2. The van der Waals surface area contributed by atoms with Crippen molar-refractivity contribution in [2.45, 2.75) is 18.3 Å². The molecule has 0 atom stereocenters. The fraction of sp³-hybridized carbons (Fsp3) is 0.235. The fourth-order valence-corrected chi connectivity index (χ4v) is 3.15. The summed E-state index contributed by atoms with van der Waals surface area (Å²) >= 11 is 6.03. The first kappa shape index (κ1) is 13.5. The molecular formula is C17H15ClN2O2. The molecule has 1 aliphatic carbocycles. The molecule has 1 amide bonds. The zero-order valence-electron chi connectivity index (χ0n) is 11.9. The lowest BCUT2D eigenvalue weighted by Crippen LogP contribution is -2.31. The number of carbonyl (C=O) groups is 1. The average Bonchev–Trinajstić information content (AvgIpc) is 2.95. The Bertz CT molecular complexity index is 832. The summed E-state index contributed by atoms with van der Waals surface area (Å²) in [6.07, 6.45) is 5.68. The summed E-state index contributed by atoms with van der Waals surface area (Å²) in [4.78, 5) is 15.3. The topological polar surface area (TPSA) is 58.0 Å². The van der Waals surface area contributed by atoms with E-state index in [1.807, 2.05) is 24.4 Å². The lowest BCUT2D eigenvalue weighted by molar-refractivity contribution is 0.0922. The number of halogens is 1. The van der Waals surface area contributed by atoms with Crippen molar-refractivity contribution >= 4 is 28.4 Å².